The molecule has 1 saturated heterocycles. The Morgan fingerprint density at radius 2 is 1.63 bits per heavy atom. The topological polar surface area (TPSA) is 59.5 Å². The molecule has 0 aliphatic carbocycles. The second-order valence-corrected chi connectivity index (χ2v) is 7.91. The summed E-state index contributed by atoms with van der Waals surface area (Å²) < 4.78 is 10.6. The van der Waals surface area contributed by atoms with Crippen LogP contribution in [-0.2, 0) is 0 Å². The molecule has 1 aromatic heterocycles. The van der Waals surface area contributed by atoms with E-state index in [0.717, 1.165) is 60.0 Å². The van der Waals surface area contributed by atoms with Crippen molar-refractivity contribution in [3.05, 3.63) is 53.7 Å². The van der Waals surface area contributed by atoms with Crippen LogP contribution in [0.3, 0.4) is 0 Å². The zero-order chi connectivity index (χ0) is 21.1. The second-order valence-electron chi connectivity index (χ2n) is 7.91. The molecular weight excluding hydrogens is 376 g/mol. The lowest BCUT2D eigenvalue weighted by atomic mass is 10.0. The molecular formula is C24H30N4O2. The minimum atomic E-state index is 0.305. The van der Waals surface area contributed by atoms with Crippen LogP contribution >= 0.6 is 0 Å². The van der Waals surface area contributed by atoms with E-state index in [9.17, 15) is 0 Å². The van der Waals surface area contributed by atoms with Gasteiger partial charge in [0.1, 0.15) is 11.5 Å². The zero-order valence-electron chi connectivity index (χ0n) is 18.2. The van der Waals surface area contributed by atoms with Crippen LogP contribution in [0, 0.1) is 6.92 Å². The van der Waals surface area contributed by atoms with E-state index in [4.69, 9.17) is 19.4 Å². The second kappa shape index (κ2) is 8.88. The molecule has 1 aliphatic rings. The number of nitrogens with one attached hydrogen (secondary N) is 1. The molecule has 4 rings (SSSR count). The average Bonchev–Trinajstić information content (AvgIpc) is 2.79. The highest BCUT2D eigenvalue weighted by Gasteiger charge is 2.23. The lowest BCUT2D eigenvalue weighted by molar-refractivity contribution is 0.378. The third kappa shape index (κ3) is 4.33. The third-order valence-corrected chi connectivity index (χ3v) is 5.96. The van der Waals surface area contributed by atoms with Gasteiger partial charge in [-0.25, -0.2) is 9.97 Å². The first kappa shape index (κ1) is 20.4. The number of benzene rings is 2. The highest BCUT2D eigenvalue weighted by atomic mass is 16.5. The Morgan fingerprint density at radius 3 is 2.30 bits per heavy atom. The van der Waals surface area contributed by atoms with E-state index in [-0.39, 0.29) is 0 Å². The maximum Gasteiger partial charge on any atom is 0.226 e. The highest BCUT2D eigenvalue weighted by molar-refractivity contribution is 5.83. The number of aromatic nitrogens is 2. The predicted octanol–water partition coefficient (Wildman–Crippen LogP) is 4.28. The van der Waals surface area contributed by atoms with Crippen LogP contribution in [0.1, 0.15) is 37.1 Å². The molecule has 0 amide bonds. The van der Waals surface area contributed by atoms with Crippen molar-refractivity contribution in [1.82, 2.24) is 15.3 Å². The first-order valence-corrected chi connectivity index (χ1v) is 10.5. The molecule has 0 bridgehead atoms. The quantitative estimate of drug-likeness (QED) is 0.660. The number of methoxy groups -OCH3 is 2. The molecule has 0 unspecified atom stereocenters. The van der Waals surface area contributed by atoms with Crippen molar-refractivity contribution in [3.8, 4) is 11.5 Å². The van der Waals surface area contributed by atoms with Gasteiger partial charge in [0, 0.05) is 36.6 Å². The van der Waals surface area contributed by atoms with Crippen LogP contribution in [0.25, 0.3) is 10.9 Å². The summed E-state index contributed by atoms with van der Waals surface area (Å²) in [5.74, 6) is 2.53. The lowest BCUT2D eigenvalue weighted by Crippen LogP contribution is -2.43. The molecule has 30 heavy (non-hydrogen) atoms. The normalized spacial score (nSPS) is 15.9. The van der Waals surface area contributed by atoms with Gasteiger partial charge in [-0.2, -0.15) is 0 Å². The third-order valence-electron chi connectivity index (χ3n) is 5.96. The molecule has 6 nitrogen and oxygen atoms in total. The van der Waals surface area contributed by atoms with Crippen molar-refractivity contribution >= 4 is 16.9 Å². The number of hydrogen-bond donors (Lipinski definition) is 1. The van der Waals surface area contributed by atoms with Gasteiger partial charge in [-0.15, -0.1) is 0 Å². The minimum absolute atomic E-state index is 0.305. The number of aryl methyl sites for hydroxylation is 1. The van der Waals surface area contributed by atoms with Crippen molar-refractivity contribution in [3.63, 3.8) is 0 Å². The van der Waals surface area contributed by atoms with E-state index < -0.39 is 0 Å². The zero-order valence-corrected chi connectivity index (χ0v) is 18.2. The molecule has 158 valence electrons. The molecule has 0 spiro atoms. The summed E-state index contributed by atoms with van der Waals surface area (Å²) >= 11 is 0. The summed E-state index contributed by atoms with van der Waals surface area (Å²) in [7, 11) is 3.38. The summed E-state index contributed by atoms with van der Waals surface area (Å²) in [6, 6.07) is 15.1. The van der Waals surface area contributed by atoms with Crippen molar-refractivity contribution in [2.24, 2.45) is 0 Å². The number of rotatable bonds is 6. The van der Waals surface area contributed by atoms with Crippen LogP contribution in [0.5, 0.6) is 11.5 Å². The summed E-state index contributed by atoms with van der Waals surface area (Å²) in [5, 5.41) is 4.85. The van der Waals surface area contributed by atoms with Gasteiger partial charge in [0.25, 0.3) is 0 Å². The highest BCUT2D eigenvalue weighted by Crippen LogP contribution is 2.26. The molecule has 3 aromatic rings. The lowest BCUT2D eigenvalue weighted by Gasteiger charge is -2.34. The fourth-order valence-corrected chi connectivity index (χ4v) is 4.11. The van der Waals surface area contributed by atoms with Gasteiger partial charge in [-0.05, 0) is 56.5 Å². The van der Waals surface area contributed by atoms with E-state index in [1.165, 1.54) is 5.56 Å². The smallest absolute Gasteiger partial charge is 0.226 e. The fourth-order valence-electron chi connectivity index (χ4n) is 4.11. The molecule has 0 saturated carbocycles. The first-order valence-electron chi connectivity index (χ1n) is 10.5. The van der Waals surface area contributed by atoms with E-state index >= 15 is 0 Å². The van der Waals surface area contributed by atoms with E-state index in [0.29, 0.717) is 12.1 Å². The molecule has 2 aromatic carbocycles. The maximum absolute atomic E-state index is 5.36. The number of anilines is 1. The Bertz CT molecular complexity index is 998. The van der Waals surface area contributed by atoms with Crippen LogP contribution in [0.4, 0.5) is 5.95 Å². The van der Waals surface area contributed by atoms with Crippen molar-refractivity contribution in [2.75, 3.05) is 32.2 Å². The number of piperidine rings is 1. The van der Waals surface area contributed by atoms with Gasteiger partial charge in [0.05, 0.1) is 25.4 Å². The van der Waals surface area contributed by atoms with Gasteiger partial charge >= 0.3 is 0 Å². The Balaban J connectivity index is 1.40. The standard InChI is InChI=1S/C24H30N4O2/c1-16(18-5-7-20(29-3)8-6-18)25-19-11-13-28(14-12-19)24-26-17(2)22-10-9-21(30-4)15-23(22)27-24/h5-10,15-16,19,25H,11-14H2,1-4H3/t16-/m1/s1. The maximum atomic E-state index is 5.36. The molecule has 1 aliphatic heterocycles. The summed E-state index contributed by atoms with van der Waals surface area (Å²) in [5.41, 5.74) is 3.22. The van der Waals surface area contributed by atoms with Crippen LogP contribution < -0.4 is 19.7 Å². The fraction of sp³-hybridized carbons (Fsp3) is 0.417. The monoisotopic (exact) mass is 406 g/mol. The Labute approximate surface area is 178 Å². The largest absolute Gasteiger partial charge is 0.497 e. The molecule has 1 atom stereocenters. The van der Waals surface area contributed by atoms with Crippen molar-refractivity contribution in [1.29, 1.82) is 0 Å². The van der Waals surface area contributed by atoms with Crippen molar-refractivity contribution in [2.45, 2.75) is 38.8 Å². The van der Waals surface area contributed by atoms with Gasteiger partial charge in [-0.1, -0.05) is 12.1 Å². The van der Waals surface area contributed by atoms with Gasteiger partial charge < -0.3 is 19.7 Å². The van der Waals surface area contributed by atoms with Gasteiger partial charge in [0.2, 0.25) is 5.95 Å². The van der Waals surface area contributed by atoms with E-state index in [1.807, 2.05) is 37.3 Å². The van der Waals surface area contributed by atoms with Gasteiger partial charge in [-0.3, -0.25) is 0 Å². The Morgan fingerprint density at radius 1 is 0.967 bits per heavy atom. The summed E-state index contributed by atoms with van der Waals surface area (Å²) in [4.78, 5) is 11.9. The predicted molar refractivity (Wildman–Crippen MR) is 121 cm³/mol. The first-order chi connectivity index (χ1) is 14.6. The summed E-state index contributed by atoms with van der Waals surface area (Å²) in [6.07, 6.45) is 2.14. The molecule has 2 heterocycles. The van der Waals surface area contributed by atoms with E-state index in [1.54, 1.807) is 14.2 Å². The minimum Gasteiger partial charge on any atom is -0.497 e. The van der Waals surface area contributed by atoms with Crippen molar-refractivity contribution < 1.29 is 9.47 Å². The number of ether oxygens (including phenoxy) is 2. The number of nitrogens with zero attached hydrogens (tertiary/aromatic N) is 3. The number of hydrogen-bond acceptors (Lipinski definition) is 6. The SMILES string of the molecule is COc1ccc([C@@H](C)NC2CCN(c3nc(C)c4ccc(OC)cc4n3)CC2)cc1. The molecule has 0 radical (unpaired) electrons. The van der Waals surface area contributed by atoms with Gasteiger partial charge in [0.15, 0.2) is 0 Å². The Kier molecular flexibility index (Phi) is 6.04. The molecule has 1 fully saturated rings. The number of fused-ring (bicyclic) bond motifs is 1. The molecule has 1 N–H and O–H groups in total. The average molecular weight is 407 g/mol. The van der Waals surface area contributed by atoms with Crippen LogP contribution in [0.15, 0.2) is 42.5 Å². The van der Waals surface area contributed by atoms with E-state index in [2.05, 4.69) is 29.3 Å². The summed E-state index contributed by atoms with van der Waals surface area (Å²) in [6.45, 7) is 6.16. The van der Waals surface area contributed by atoms with Crippen LogP contribution in [0.2, 0.25) is 0 Å². The van der Waals surface area contributed by atoms with Crippen LogP contribution in [-0.4, -0.2) is 43.3 Å². The Hall–Kier alpha value is -2.86. The molecule has 6 heteroatoms.